The smallest absolute Gasteiger partial charge is 0.264 e. The Hall–Kier alpha value is -2.71. The molecule has 6 nitrogen and oxygen atoms in total. The number of aromatic nitrogens is 1. The van der Waals surface area contributed by atoms with Gasteiger partial charge in [0, 0.05) is 5.38 Å². The Bertz CT molecular complexity index is 1090. The molecule has 0 unspecified atom stereocenters. The van der Waals surface area contributed by atoms with Gasteiger partial charge in [-0.25, -0.2) is 8.42 Å². The lowest BCUT2D eigenvalue weighted by Crippen LogP contribution is -2.38. The summed E-state index contributed by atoms with van der Waals surface area (Å²) in [4.78, 5) is 12.8. The molecule has 0 saturated heterocycles. The van der Waals surface area contributed by atoms with Crippen LogP contribution < -0.4 is 9.62 Å². The van der Waals surface area contributed by atoms with Crippen LogP contribution in [0, 0.1) is 20.8 Å². The highest BCUT2D eigenvalue weighted by Crippen LogP contribution is 2.28. The van der Waals surface area contributed by atoms with Crippen molar-refractivity contribution in [1.82, 2.24) is 4.37 Å². The molecule has 1 N–H and O–H groups in total. The fraction of sp³-hybridized carbons (Fsp3) is 0.200. The predicted molar refractivity (Wildman–Crippen MR) is 112 cm³/mol. The molecule has 2 aromatic carbocycles. The zero-order valence-electron chi connectivity index (χ0n) is 15.8. The van der Waals surface area contributed by atoms with E-state index in [-0.39, 0.29) is 11.4 Å². The van der Waals surface area contributed by atoms with Gasteiger partial charge in [-0.3, -0.25) is 9.10 Å². The quantitative estimate of drug-likeness (QED) is 0.662. The Morgan fingerprint density at radius 2 is 1.82 bits per heavy atom. The summed E-state index contributed by atoms with van der Waals surface area (Å²) in [6.45, 7) is 5.16. The van der Waals surface area contributed by atoms with E-state index in [1.807, 2.05) is 26.0 Å². The average molecular weight is 416 g/mol. The van der Waals surface area contributed by atoms with E-state index in [1.54, 1.807) is 36.6 Å². The molecule has 1 aromatic heterocycles. The maximum Gasteiger partial charge on any atom is 0.264 e. The maximum absolute atomic E-state index is 13.3. The average Bonchev–Trinajstić information content (AvgIpc) is 3.07. The fourth-order valence-corrected chi connectivity index (χ4v) is 4.88. The Morgan fingerprint density at radius 3 is 2.46 bits per heavy atom. The number of sulfonamides is 1. The van der Waals surface area contributed by atoms with Crippen LogP contribution in [0.3, 0.4) is 0 Å². The lowest BCUT2D eigenvalue weighted by molar-refractivity contribution is -0.114. The van der Waals surface area contributed by atoms with Gasteiger partial charge < -0.3 is 5.32 Å². The van der Waals surface area contributed by atoms with Crippen molar-refractivity contribution in [2.75, 3.05) is 16.2 Å². The van der Waals surface area contributed by atoms with Crippen LogP contribution in [0.5, 0.6) is 0 Å². The molecule has 0 aliphatic carbocycles. The molecule has 8 heteroatoms. The molecule has 3 aromatic rings. The molecule has 0 fully saturated rings. The minimum Gasteiger partial charge on any atom is -0.322 e. The van der Waals surface area contributed by atoms with Crippen molar-refractivity contribution in [3.63, 3.8) is 0 Å². The van der Waals surface area contributed by atoms with E-state index in [0.29, 0.717) is 17.1 Å². The first-order valence-electron chi connectivity index (χ1n) is 8.65. The van der Waals surface area contributed by atoms with Crippen molar-refractivity contribution >= 4 is 38.8 Å². The lowest BCUT2D eigenvalue weighted by atomic mass is 10.1. The van der Waals surface area contributed by atoms with Gasteiger partial charge in [-0.15, -0.1) is 0 Å². The SMILES string of the molecule is Cc1ccc(C)c(N(CC(=O)Nc2csnc2C)S(=O)(=O)c2ccccc2)c1. The van der Waals surface area contributed by atoms with Crippen molar-refractivity contribution in [3.8, 4) is 0 Å². The van der Waals surface area contributed by atoms with Crippen molar-refractivity contribution in [3.05, 3.63) is 70.7 Å². The summed E-state index contributed by atoms with van der Waals surface area (Å²) in [5.74, 6) is -0.427. The molecule has 0 aliphatic heterocycles. The zero-order chi connectivity index (χ0) is 20.3. The van der Waals surface area contributed by atoms with Crippen LogP contribution in [0.25, 0.3) is 0 Å². The van der Waals surface area contributed by atoms with Gasteiger partial charge in [0.15, 0.2) is 0 Å². The summed E-state index contributed by atoms with van der Waals surface area (Å²) < 4.78 is 32.0. The van der Waals surface area contributed by atoms with Gasteiger partial charge in [0.25, 0.3) is 10.0 Å². The van der Waals surface area contributed by atoms with Crippen LogP contribution in [-0.4, -0.2) is 25.2 Å². The molecule has 0 saturated carbocycles. The highest BCUT2D eigenvalue weighted by molar-refractivity contribution is 7.92. The van der Waals surface area contributed by atoms with Gasteiger partial charge >= 0.3 is 0 Å². The number of hydrogen-bond acceptors (Lipinski definition) is 5. The van der Waals surface area contributed by atoms with Gasteiger partial charge in [-0.2, -0.15) is 4.37 Å². The van der Waals surface area contributed by atoms with Gasteiger partial charge in [0.1, 0.15) is 6.54 Å². The number of nitrogens with zero attached hydrogens (tertiary/aromatic N) is 2. The Morgan fingerprint density at radius 1 is 1.11 bits per heavy atom. The highest BCUT2D eigenvalue weighted by Gasteiger charge is 2.28. The van der Waals surface area contributed by atoms with Crippen molar-refractivity contribution < 1.29 is 13.2 Å². The topological polar surface area (TPSA) is 79.4 Å². The summed E-state index contributed by atoms with van der Waals surface area (Å²) in [7, 11) is -3.92. The van der Waals surface area contributed by atoms with E-state index in [9.17, 15) is 13.2 Å². The van der Waals surface area contributed by atoms with E-state index >= 15 is 0 Å². The first-order chi connectivity index (χ1) is 13.3. The normalized spacial score (nSPS) is 11.2. The van der Waals surface area contributed by atoms with E-state index in [4.69, 9.17) is 0 Å². The third-order valence-electron chi connectivity index (χ3n) is 4.28. The monoisotopic (exact) mass is 415 g/mol. The van der Waals surface area contributed by atoms with Crippen LogP contribution in [0.4, 0.5) is 11.4 Å². The summed E-state index contributed by atoms with van der Waals surface area (Å²) in [6.07, 6.45) is 0. The van der Waals surface area contributed by atoms with Crippen LogP contribution in [-0.2, 0) is 14.8 Å². The van der Waals surface area contributed by atoms with Gasteiger partial charge in [-0.05, 0) is 61.6 Å². The number of carbonyl (C=O) groups is 1. The Labute approximate surface area is 169 Å². The molecule has 0 aliphatic rings. The summed E-state index contributed by atoms with van der Waals surface area (Å²) >= 11 is 1.23. The van der Waals surface area contributed by atoms with Crippen LogP contribution in [0.1, 0.15) is 16.8 Å². The van der Waals surface area contributed by atoms with Crippen LogP contribution >= 0.6 is 11.5 Å². The number of amides is 1. The van der Waals surface area contributed by atoms with Crippen LogP contribution in [0.15, 0.2) is 58.8 Å². The first kappa shape index (κ1) is 20.0. The number of nitrogens with one attached hydrogen (secondary N) is 1. The molecule has 146 valence electrons. The highest BCUT2D eigenvalue weighted by atomic mass is 32.2. The molecule has 1 heterocycles. The molecule has 3 rings (SSSR count). The molecular weight excluding hydrogens is 394 g/mol. The fourth-order valence-electron chi connectivity index (χ4n) is 2.74. The second-order valence-electron chi connectivity index (χ2n) is 6.48. The van der Waals surface area contributed by atoms with E-state index in [2.05, 4.69) is 9.69 Å². The Balaban J connectivity index is 2.01. The molecule has 0 spiro atoms. The minimum absolute atomic E-state index is 0.136. The molecule has 0 radical (unpaired) electrons. The van der Waals surface area contributed by atoms with E-state index < -0.39 is 15.9 Å². The summed E-state index contributed by atoms with van der Waals surface area (Å²) in [5, 5.41) is 4.47. The number of aryl methyl sites for hydroxylation is 3. The summed E-state index contributed by atoms with van der Waals surface area (Å²) in [5.41, 5.74) is 3.45. The van der Waals surface area contributed by atoms with Gasteiger partial charge in [-0.1, -0.05) is 30.3 Å². The summed E-state index contributed by atoms with van der Waals surface area (Å²) in [6, 6.07) is 13.7. The second-order valence-corrected chi connectivity index (χ2v) is 8.97. The molecule has 0 bridgehead atoms. The predicted octanol–water partition coefficient (Wildman–Crippen LogP) is 3.90. The van der Waals surface area contributed by atoms with Gasteiger partial charge in [0.05, 0.1) is 22.0 Å². The minimum atomic E-state index is -3.92. The number of rotatable bonds is 6. The second kappa shape index (κ2) is 8.12. The van der Waals surface area contributed by atoms with Crippen LogP contribution in [0.2, 0.25) is 0 Å². The lowest BCUT2D eigenvalue weighted by Gasteiger charge is -2.26. The number of anilines is 2. The number of hydrogen-bond donors (Lipinski definition) is 1. The maximum atomic E-state index is 13.3. The number of benzene rings is 2. The third-order valence-corrected chi connectivity index (χ3v) is 6.77. The van der Waals surface area contributed by atoms with Crippen molar-refractivity contribution in [2.45, 2.75) is 25.7 Å². The largest absolute Gasteiger partial charge is 0.322 e. The third kappa shape index (κ3) is 4.23. The Kier molecular flexibility index (Phi) is 5.81. The number of carbonyl (C=O) groups excluding carboxylic acids is 1. The molecule has 1 amide bonds. The first-order valence-corrected chi connectivity index (χ1v) is 10.9. The van der Waals surface area contributed by atoms with E-state index in [1.165, 1.54) is 23.7 Å². The standard InChI is InChI=1S/C20H21N3O3S2/c1-14-9-10-15(2)19(11-14)23(28(25,26)17-7-5-4-6-8-17)12-20(24)21-18-13-27-22-16(18)3/h4-11,13H,12H2,1-3H3,(H,21,24). The molecule has 0 atom stereocenters. The van der Waals surface area contributed by atoms with E-state index in [0.717, 1.165) is 15.4 Å². The van der Waals surface area contributed by atoms with Crippen molar-refractivity contribution in [2.24, 2.45) is 0 Å². The van der Waals surface area contributed by atoms with Crippen molar-refractivity contribution in [1.29, 1.82) is 0 Å². The molecule has 28 heavy (non-hydrogen) atoms. The zero-order valence-corrected chi connectivity index (χ0v) is 17.5. The van der Waals surface area contributed by atoms with Gasteiger partial charge in [0.2, 0.25) is 5.91 Å². The molecular formula is C20H21N3O3S2.